The molecular formula is C15H21F2NO3. The van der Waals surface area contributed by atoms with Crippen molar-refractivity contribution in [3.63, 3.8) is 0 Å². The summed E-state index contributed by atoms with van der Waals surface area (Å²) in [6.45, 7) is 2.08. The molecule has 1 aromatic heterocycles. The van der Waals surface area contributed by atoms with E-state index < -0.39 is 12.4 Å². The number of hydrogen-bond acceptors (Lipinski definition) is 4. The van der Waals surface area contributed by atoms with Gasteiger partial charge in [0, 0.05) is 6.20 Å². The lowest BCUT2D eigenvalue weighted by Gasteiger charge is -2.27. The lowest BCUT2D eigenvalue weighted by Crippen LogP contribution is -2.41. The SMILES string of the molecule is CCCCCc1ccc(COC2COC(F)(F)OC2)nc1. The molecule has 118 valence electrons. The maximum Gasteiger partial charge on any atom is 0.485 e. The summed E-state index contributed by atoms with van der Waals surface area (Å²) >= 11 is 0. The van der Waals surface area contributed by atoms with Crippen molar-refractivity contribution in [3.8, 4) is 0 Å². The summed E-state index contributed by atoms with van der Waals surface area (Å²) in [4.78, 5) is 4.32. The van der Waals surface area contributed by atoms with Crippen LogP contribution in [0.5, 0.6) is 0 Å². The van der Waals surface area contributed by atoms with Gasteiger partial charge in [-0.15, -0.1) is 8.78 Å². The second-order valence-corrected chi connectivity index (χ2v) is 5.13. The van der Waals surface area contributed by atoms with Crippen molar-refractivity contribution in [3.05, 3.63) is 29.6 Å². The average Bonchev–Trinajstić information content (AvgIpc) is 2.48. The van der Waals surface area contributed by atoms with Crippen LogP contribution in [0.3, 0.4) is 0 Å². The largest absolute Gasteiger partial charge is 0.485 e. The van der Waals surface area contributed by atoms with E-state index in [-0.39, 0.29) is 19.8 Å². The first kappa shape index (κ1) is 16.3. The second-order valence-electron chi connectivity index (χ2n) is 5.13. The number of aromatic nitrogens is 1. The Kier molecular flexibility index (Phi) is 6.02. The minimum absolute atomic E-state index is 0.178. The van der Waals surface area contributed by atoms with Crippen molar-refractivity contribution in [1.82, 2.24) is 4.98 Å². The lowest BCUT2D eigenvalue weighted by molar-refractivity contribution is -0.426. The molecule has 0 unspecified atom stereocenters. The summed E-state index contributed by atoms with van der Waals surface area (Å²) in [5, 5.41) is 0. The molecule has 6 heteroatoms. The number of unbranched alkanes of at least 4 members (excludes halogenated alkanes) is 2. The minimum Gasteiger partial charge on any atom is -0.367 e. The van der Waals surface area contributed by atoms with Crippen LogP contribution >= 0.6 is 0 Å². The summed E-state index contributed by atoms with van der Waals surface area (Å²) in [7, 11) is 0. The van der Waals surface area contributed by atoms with Gasteiger partial charge in [-0.05, 0) is 24.5 Å². The number of pyridine rings is 1. The van der Waals surface area contributed by atoms with Gasteiger partial charge in [-0.25, -0.2) is 0 Å². The fraction of sp³-hybridized carbons (Fsp3) is 0.667. The standard InChI is InChI=1S/C15H21F2NO3/c1-2-3-4-5-12-6-7-13(18-8-12)9-19-14-10-20-15(16,17)21-11-14/h6-8,14H,2-5,9-11H2,1H3. The van der Waals surface area contributed by atoms with Crippen LogP contribution in [0.15, 0.2) is 18.3 Å². The molecule has 0 N–H and O–H groups in total. The van der Waals surface area contributed by atoms with E-state index >= 15 is 0 Å². The van der Waals surface area contributed by atoms with Crippen LogP contribution in [0.4, 0.5) is 8.78 Å². The number of alkyl halides is 2. The molecule has 0 spiro atoms. The van der Waals surface area contributed by atoms with Crippen LogP contribution < -0.4 is 0 Å². The highest BCUT2D eigenvalue weighted by molar-refractivity contribution is 5.13. The van der Waals surface area contributed by atoms with Gasteiger partial charge in [0.1, 0.15) is 6.10 Å². The highest BCUT2D eigenvalue weighted by Crippen LogP contribution is 2.23. The molecule has 0 amide bonds. The summed E-state index contributed by atoms with van der Waals surface area (Å²) in [6.07, 6.45) is 2.48. The molecule has 1 aliphatic rings. The van der Waals surface area contributed by atoms with Gasteiger partial charge >= 0.3 is 6.29 Å². The van der Waals surface area contributed by atoms with Gasteiger partial charge in [-0.3, -0.25) is 14.5 Å². The number of rotatable bonds is 7. The van der Waals surface area contributed by atoms with Crippen molar-refractivity contribution in [2.75, 3.05) is 13.2 Å². The Morgan fingerprint density at radius 2 is 2.05 bits per heavy atom. The minimum atomic E-state index is -3.49. The number of ether oxygens (including phenoxy) is 3. The van der Waals surface area contributed by atoms with Crippen molar-refractivity contribution >= 4 is 0 Å². The van der Waals surface area contributed by atoms with Crippen LogP contribution in [0, 0.1) is 0 Å². The summed E-state index contributed by atoms with van der Waals surface area (Å²) in [5.74, 6) is 0. The summed E-state index contributed by atoms with van der Waals surface area (Å²) in [6, 6.07) is 3.93. The highest BCUT2D eigenvalue weighted by Gasteiger charge is 2.38. The molecule has 1 fully saturated rings. The van der Waals surface area contributed by atoms with Gasteiger partial charge in [0.2, 0.25) is 0 Å². The normalized spacial score (nSPS) is 18.8. The predicted octanol–water partition coefficient (Wildman–Crippen LogP) is 3.30. The van der Waals surface area contributed by atoms with E-state index in [9.17, 15) is 8.78 Å². The molecule has 0 radical (unpaired) electrons. The first-order chi connectivity index (χ1) is 10.1. The van der Waals surface area contributed by atoms with Crippen molar-refractivity contribution in [2.45, 2.75) is 51.6 Å². The fourth-order valence-electron chi connectivity index (χ4n) is 2.04. The van der Waals surface area contributed by atoms with E-state index in [2.05, 4.69) is 21.4 Å². The zero-order valence-electron chi connectivity index (χ0n) is 12.2. The Morgan fingerprint density at radius 1 is 1.29 bits per heavy atom. The fourth-order valence-corrected chi connectivity index (χ4v) is 2.04. The van der Waals surface area contributed by atoms with Crippen LogP contribution in [-0.4, -0.2) is 30.6 Å². The van der Waals surface area contributed by atoms with Crippen LogP contribution in [0.1, 0.15) is 37.4 Å². The molecule has 2 rings (SSSR count). The molecule has 4 nitrogen and oxygen atoms in total. The van der Waals surface area contributed by atoms with Gasteiger partial charge in [-0.1, -0.05) is 25.8 Å². The van der Waals surface area contributed by atoms with Gasteiger partial charge in [0.15, 0.2) is 0 Å². The van der Waals surface area contributed by atoms with E-state index in [0.29, 0.717) is 0 Å². The van der Waals surface area contributed by atoms with Crippen LogP contribution in [0.25, 0.3) is 0 Å². The van der Waals surface area contributed by atoms with Gasteiger partial charge in [0.05, 0.1) is 25.5 Å². The van der Waals surface area contributed by atoms with Crippen molar-refractivity contribution in [2.24, 2.45) is 0 Å². The Bertz CT molecular complexity index is 415. The first-order valence-electron chi connectivity index (χ1n) is 7.30. The van der Waals surface area contributed by atoms with E-state index in [4.69, 9.17) is 4.74 Å². The highest BCUT2D eigenvalue weighted by atomic mass is 19.3. The molecule has 0 aliphatic carbocycles. The third-order valence-corrected chi connectivity index (χ3v) is 3.30. The Balaban J connectivity index is 1.71. The van der Waals surface area contributed by atoms with Gasteiger partial charge < -0.3 is 4.74 Å². The van der Waals surface area contributed by atoms with Gasteiger partial charge in [0.25, 0.3) is 0 Å². The molecule has 1 aromatic rings. The Morgan fingerprint density at radius 3 is 2.67 bits per heavy atom. The molecule has 0 bridgehead atoms. The number of halogens is 2. The number of nitrogens with zero attached hydrogens (tertiary/aromatic N) is 1. The Hall–Kier alpha value is -1.11. The number of aryl methyl sites for hydroxylation is 1. The van der Waals surface area contributed by atoms with E-state index in [1.54, 1.807) is 0 Å². The zero-order chi connectivity index (χ0) is 15.1. The number of hydrogen-bond donors (Lipinski definition) is 0. The maximum atomic E-state index is 12.6. The summed E-state index contributed by atoms with van der Waals surface area (Å²) < 4.78 is 39.1. The molecule has 0 atom stereocenters. The third kappa shape index (κ3) is 5.65. The smallest absolute Gasteiger partial charge is 0.367 e. The van der Waals surface area contributed by atoms with Crippen LogP contribution in [-0.2, 0) is 27.2 Å². The van der Waals surface area contributed by atoms with Crippen molar-refractivity contribution < 1.29 is 23.0 Å². The molecule has 1 saturated heterocycles. The summed E-state index contributed by atoms with van der Waals surface area (Å²) in [5.41, 5.74) is 1.97. The maximum absolute atomic E-state index is 12.6. The quantitative estimate of drug-likeness (QED) is 0.725. The zero-order valence-corrected chi connectivity index (χ0v) is 12.2. The first-order valence-corrected chi connectivity index (χ1v) is 7.30. The molecule has 1 aliphatic heterocycles. The Labute approximate surface area is 123 Å². The molecule has 21 heavy (non-hydrogen) atoms. The topological polar surface area (TPSA) is 40.6 Å². The molecule has 2 heterocycles. The lowest BCUT2D eigenvalue weighted by atomic mass is 10.1. The third-order valence-electron chi connectivity index (χ3n) is 3.30. The second kappa shape index (κ2) is 7.77. The molecule has 0 aromatic carbocycles. The van der Waals surface area contributed by atoms with Crippen molar-refractivity contribution in [1.29, 1.82) is 0 Å². The average molecular weight is 301 g/mol. The monoisotopic (exact) mass is 301 g/mol. The molecule has 0 saturated carbocycles. The molecular weight excluding hydrogens is 280 g/mol. The van der Waals surface area contributed by atoms with E-state index in [0.717, 1.165) is 12.1 Å². The van der Waals surface area contributed by atoms with Crippen LogP contribution in [0.2, 0.25) is 0 Å². The van der Waals surface area contributed by atoms with Gasteiger partial charge in [-0.2, -0.15) is 0 Å². The van der Waals surface area contributed by atoms with E-state index in [1.165, 1.54) is 24.8 Å². The predicted molar refractivity (Wildman–Crippen MR) is 72.9 cm³/mol. The van der Waals surface area contributed by atoms with E-state index in [1.807, 2.05) is 18.3 Å².